The summed E-state index contributed by atoms with van der Waals surface area (Å²) in [5.74, 6) is -2.53. The lowest BCUT2D eigenvalue weighted by atomic mass is 9.88. The summed E-state index contributed by atoms with van der Waals surface area (Å²) in [5, 5.41) is 12.4. The van der Waals surface area contributed by atoms with E-state index in [9.17, 15) is 23.9 Å². The van der Waals surface area contributed by atoms with Crippen molar-refractivity contribution >= 4 is 17.7 Å². The Morgan fingerprint density at radius 1 is 1.20 bits per heavy atom. The number of halogens is 1. The molecule has 0 aromatic heterocycles. The van der Waals surface area contributed by atoms with E-state index in [1.165, 1.54) is 0 Å². The zero-order valence-corrected chi connectivity index (χ0v) is 10.8. The van der Waals surface area contributed by atoms with Gasteiger partial charge in [-0.1, -0.05) is 0 Å². The van der Waals surface area contributed by atoms with Crippen LogP contribution >= 0.6 is 0 Å². The molecule has 0 bridgehead atoms. The third-order valence-corrected chi connectivity index (χ3v) is 4.22. The number of hydrogen-bond donors (Lipinski definition) is 2. The van der Waals surface area contributed by atoms with Gasteiger partial charge in [-0.15, -0.1) is 0 Å². The number of amides is 3. The van der Waals surface area contributed by atoms with Gasteiger partial charge < -0.3 is 10.0 Å². The maximum absolute atomic E-state index is 13.8. The van der Waals surface area contributed by atoms with E-state index < -0.39 is 41.7 Å². The highest BCUT2D eigenvalue weighted by Gasteiger charge is 2.50. The molecule has 0 radical (unpaired) electrons. The van der Waals surface area contributed by atoms with Crippen molar-refractivity contribution in [3.63, 3.8) is 0 Å². The number of rotatable bonds is 1. The molecule has 6 nitrogen and oxygen atoms in total. The molecule has 2 heterocycles. The molecule has 2 N–H and O–H groups in total. The molecule has 2 aliphatic heterocycles. The predicted octanol–water partition coefficient (Wildman–Crippen LogP) is -0.0241. The minimum absolute atomic E-state index is 0.103. The summed E-state index contributed by atoms with van der Waals surface area (Å²) < 4.78 is 13.8. The van der Waals surface area contributed by atoms with Crippen LogP contribution in [0.25, 0.3) is 0 Å². The fourth-order valence-electron chi connectivity index (χ4n) is 3.25. The van der Waals surface area contributed by atoms with Gasteiger partial charge in [-0.25, -0.2) is 4.39 Å². The highest BCUT2D eigenvalue weighted by Crippen LogP contribution is 2.41. The number of aliphatic hydroxyl groups excluding tert-OH is 1. The van der Waals surface area contributed by atoms with E-state index in [0.717, 1.165) is 4.90 Å². The van der Waals surface area contributed by atoms with Crippen LogP contribution in [-0.2, 0) is 14.4 Å². The third kappa shape index (κ3) is 1.84. The van der Waals surface area contributed by atoms with Gasteiger partial charge in [-0.05, 0) is 25.7 Å². The van der Waals surface area contributed by atoms with Crippen LogP contribution in [0.15, 0.2) is 11.4 Å². The molecule has 0 spiro atoms. The summed E-state index contributed by atoms with van der Waals surface area (Å²) in [7, 11) is 0. The number of carbonyl (C=O) groups excluding carboxylic acids is 3. The van der Waals surface area contributed by atoms with Gasteiger partial charge in [-0.3, -0.25) is 19.7 Å². The Bertz CT molecular complexity index is 530. The number of nitrogens with zero attached hydrogens (tertiary/aromatic N) is 1. The van der Waals surface area contributed by atoms with Gasteiger partial charge in [0.15, 0.2) is 6.23 Å². The largest absolute Gasteiger partial charge is 0.369 e. The van der Waals surface area contributed by atoms with Crippen LogP contribution in [0.2, 0.25) is 0 Å². The van der Waals surface area contributed by atoms with Crippen molar-refractivity contribution in [3.8, 4) is 0 Å². The van der Waals surface area contributed by atoms with Crippen molar-refractivity contribution in [2.45, 2.75) is 44.4 Å². The van der Waals surface area contributed by atoms with Crippen LogP contribution in [0.3, 0.4) is 0 Å². The zero-order chi connectivity index (χ0) is 14.4. The average molecular weight is 282 g/mol. The molecule has 2 fully saturated rings. The zero-order valence-electron chi connectivity index (χ0n) is 10.8. The lowest BCUT2D eigenvalue weighted by molar-refractivity contribution is -0.150. The number of fused-ring (bicyclic) bond motifs is 1. The minimum Gasteiger partial charge on any atom is -0.369 e. The van der Waals surface area contributed by atoms with Crippen molar-refractivity contribution in [3.05, 3.63) is 11.4 Å². The van der Waals surface area contributed by atoms with Gasteiger partial charge in [0.25, 0.3) is 0 Å². The second kappa shape index (κ2) is 4.66. The smallest absolute Gasteiger partial charge is 0.249 e. The van der Waals surface area contributed by atoms with Crippen molar-refractivity contribution in [2.75, 3.05) is 0 Å². The van der Waals surface area contributed by atoms with Crippen LogP contribution in [0.4, 0.5) is 4.39 Å². The molecule has 108 valence electrons. The van der Waals surface area contributed by atoms with E-state index in [-0.39, 0.29) is 24.8 Å². The fourth-order valence-corrected chi connectivity index (χ4v) is 3.25. The lowest BCUT2D eigenvalue weighted by Crippen LogP contribution is -2.55. The second-order valence-corrected chi connectivity index (χ2v) is 5.39. The molecule has 1 aliphatic carbocycles. The van der Waals surface area contributed by atoms with Crippen molar-refractivity contribution < 1.29 is 23.9 Å². The normalized spacial score (nSPS) is 34.4. The van der Waals surface area contributed by atoms with Crippen LogP contribution < -0.4 is 5.32 Å². The number of imide groups is 1. The average Bonchev–Trinajstić information content (AvgIpc) is 2.64. The molecule has 3 amide bonds. The Hall–Kier alpha value is -1.76. The Kier molecular flexibility index (Phi) is 3.08. The van der Waals surface area contributed by atoms with Gasteiger partial charge in [0, 0.05) is 12.0 Å². The molecule has 0 saturated carbocycles. The molecular weight excluding hydrogens is 267 g/mol. The van der Waals surface area contributed by atoms with Gasteiger partial charge >= 0.3 is 0 Å². The molecule has 3 rings (SSSR count). The highest BCUT2D eigenvalue weighted by molar-refractivity contribution is 6.02. The van der Waals surface area contributed by atoms with Gasteiger partial charge in [0.05, 0.1) is 5.92 Å². The SMILES string of the molecule is O=C1CCC(N2C(=O)C3CCCC(F)=C3C2O)C(=O)N1. The van der Waals surface area contributed by atoms with Gasteiger partial charge in [0.2, 0.25) is 17.7 Å². The van der Waals surface area contributed by atoms with Crippen molar-refractivity contribution in [1.82, 2.24) is 10.2 Å². The van der Waals surface area contributed by atoms with E-state index in [2.05, 4.69) is 5.32 Å². The Morgan fingerprint density at radius 2 is 1.95 bits per heavy atom. The molecule has 20 heavy (non-hydrogen) atoms. The van der Waals surface area contributed by atoms with Crippen LogP contribution in [0, 0.1) is 5.92 Å². The first-order valence-electron chi connectivity index (χ1n) is 6.73. The van der Waals surface area contributed by atoms with E-state index >= 15 is 0 Å². The quantitative estimate of drug-likeness (QED) is 0.662. The molecule has 3 atom stereocenters. The van der Waals surface area contributed by atoms with E-state index in [0.29, 0.717) is 12.8 Å². The summed E-state index contributed by atoms with van der Waals surface area (Å²) in [4.78, 5) is 36.3. The monoisotopic (exact) mass is 282 g/mol. The Labute approximate surface area is 114 Å². The number of aliphatic hydroxyl groups is 1. The summed E-state index contributed by atoms with van der Waals surface area (Å²) in [6, 6.07) is -0.902. The molecule has 0 aromatic rings. The summed E-state index contributed by atoms with van der Waals surface area (Å²) >= 11 is 0. The molecular formula is C13H15FN2O4. The number of hydrogen-bond acceptors (Lipinski definition) is 4. The summed E-state index contributed by atoms with van der Waals surface area (Å²) in [6.45, 7) is 0. The van der Waals surface area contributed by atoms with Gasteiger partial charge in [-0.2, -0.15) is 0 Å². The Morgan fingerprint density at radius 3 is 2.60 bits per heavy atom. The van der Waals surface area contributed by atoms with Crippen molar-refractivity contribution in [2.24, 2.45) is 5.92 Å². The third-order valence-electron chi connectivity index (χ3n) is 4.22. The predicted molar refractivity (Wildman–Crippen MR) is 64.5 cm³/mol. The van der Waals surface area contributed by atoms with Crippen molar-refractivity contribution in [1.29, 1.82) is 0 Å². The first-order chi connectivity index (χ1) is 9.50. The number of allylic oxidation sites excluding steroid dienone is 1. The molecule has 0 aromatic carbocycles. The minimum atomic E-state index is -1.39. The Balaban J connectivity index is 1.91. The number of likely N-dealkylation sites (tertiary alicyclic amines) is 1. The molecule has 2 saturated heterocycles. The van der Waals surface area contributed by atoms with E-state index in [4.69, 9.17) is 0 Å². The van der Waals surface area contributed by atoms with Crippen LogP contribution in [0.5, 0.6) is 0 Å². The standard InChI is InChI=1S/C13H15FN2O4/c14-7-3-1-2-6-10(7)13(20)16(12(6)19)8-4-5-9(17)15-11(8)18/h6,8,13,20H,1-5H2,(H,15,17,18). The molecule has 3 unspecified atom stereocenters. The first-order valence-corrected chi connectivity index (χ1v) is 6.73. The lowest BCUT2D eigenvalue weighted by Gasteiger charge is -2.31. The summed E-state index contributed by atoms with van der Waals surface area (Å²) in [5.41, 5.74) is 0.103. The van der Waals surface area contributed by atoms with Gasteiger partial charge in [0.1, 0.15) is 11.9 Å². The van der Waals surface area contributed by atoms with E-state index in [1.54, 1.807) is 0 Å². The number of nitrogens with one attached hydrogen (secondary N) is 1. The van der Waals surface area contributed by atoms with Crippen LogP contribution in [0.1, 0.15) is 32.1 Å². The number of piperidine rings is 1. The molecule has 3 aliphatic rings. The number of carbonyl (C=O) groups is 3. The van der Waals surface area contributed by atoms with E-state index in [1.807, 2.05) is 0 Å². The first kappa shape index (κ1) is 13.2. The summed E-state index contributed by atoms with van der Waals surface area (Å²) in [6.07, 6.45) is 0.147. The second-order valence-electron chi connectivity index (χ2n) is 5.39. The highest BCUT2D eigenvalue weighted by atomic mass is 19.1. The topological polar surface area (TPSA) is 86.7 Å². The van der Waals surface area contributed by atoms with Crippen LogP contribution in [-0.4, -0.2) is 40.0 Å². The maximum atomic E-state index is 13.8. The fraction of sp³-hybridized carbons (Fsp3) is 0.615. The molecule has 7 heteroatoms. The maximum Gasteiger partial charge on any atom is 0.249 e.